The number of methoxy groups -OCH3 is 3. The molecule has 0 aliphatic carbocycles. The van der Waals surface area contributed by atoms with Crippen molar-refractivity contribution in [1.29, 1.82) is 0 Å². The molecule has 0 fully saturated rings. The molecule has 8 heteroatoms. The fourth-order valence-corrected chi connectivity index (χ4v) is 3.37. The molecule has 0 amide bonds. The van der Waals surface area contributed by atoms with E-state index in [1.54, 1.807) is 27.2 Å². The largest absolute Gasteiger partial charge is 0.493 e. The van der Waals surface area contributed by atoms with E-state index >= 15 is 0 Å². The van der Waals surface area contributed by atoms with Crippen LogP contribution >= 0.6 is 11.6 Å². The zero-order valence-corrected chi connectivity index (χ0v) is 17.6. The molecule has 1 heterocycles. The Balaban J connectivity index is 2.59. The Labute approximate surface area is 170 Å². The zero-order valence-electron chi connectivity index (χ0n) is 16.8. The van der Waals surface area contributed by atoms with Gasteiger partial charge in [0.15, 0.2) is 11.5 Å². The third-order valence-electron chi connectivity index (χ3n) is 4.25. The van der Waals surface area contributed by atoms with Crippen molar-refractivity contribution in [2.24, 2.45) is 0 Å². The second kappa shape index (κ2) is 10.1. The maximum Gasteiger partial charge on any atom is 0.355 e. The molecule has 0 saturated heterocycles. The molecule has 2 N–H and O–H groups in total. The van der Waals surface area contributed by atoms with Gasteiger partial charge in [-0.2, -0.15) is 0 Å². The standard InChI is InChI=1S/C20H27ClN2O5/c1-6-10-22-11-13-15(16(21)17(23-13)20(24)28-7-2)12-8-9-14(25-3)19(27-5)18(12)26-4/h8-9,11,15,22-23H,6-7,10H2,1-5H3. The number of carbonyl (C=O) groups excluding carboxylic acids is 1. The first kappa shape index (κ1) is 21.8. The molecule has 1 aliphatic heterocycles. The molecule has 0 spiro atoms. The second-order valence-electron chi connectivity index (χ2n) is 5.98. The molecule has 154 valence electrons. The first-order valence-corrected chi connectivity index (χ1v) is 9.47. The summed E-state index contributed by atoms with van der Waals surface area (Å²) in [5.74, 6) is 0.529. The molecule has 0 radical (unpaired) electrons. The summed E-state index contributed by atoms with van der Waals surface area (Å²) < 4.78 is 21.6. The lowest BCUT2D eigenvalue weighted by atomic mass is 9.95. The molecule has 2 rings (SSSR count). The Morgan fingerprint density at radius 1 is 1.18 bits per heavy atom. The van der Waals surface area contributed by atoms with Crippen LogP contribution in [0.4, 0.5) is 0 Å². The van der Waals surface area contributed by atoms with Crippen LogP contribution in [0.3, 0.4) is 0 Å². The van der Waals surface area contributed by atoms with E-state index in [1.165, 1.54) is 7.11 Å². The third kappa shape index (κ3) is 4.30. The van der Waals surface area contributed by atoms with Gasteiger partial charge in [-0.1, -0.05) is 24.6 Å². The quantitative estimate of drug-likeness (QED) is 0.478. The molecule has 0 saturated carbocycles. The molecule has 1 unspecified atom stereocenters. The summed E-state index contributed by atoms with van der Waals surface area (Å²) in [6, 6.07) is 3.62. The zero-order chi connectivity index (χ0) is 20.7. The molecule has 1 aromatic carbocycles. The summed E-state index contributed by atoms with van der Waals surface area (Å²) in [4.78, 5) is 12.3. The first-order valence-electron chi connectivity index (χ1n) is 9.09. The van der Waals surface area contributed by atoms with Gasteiger partial charge < -0.3 is 29.6 Å². The second-order valence-corrected chi connectivity index (χ2v) is 6.39. The highest BCUT2D eigenvalue weighted by molar-refractivity contribution is 6.33. The van der Waals surface area contributed by atoms with Gasteiger partial charge in [0.2, 0.25) is 5.75 Å². The highest BCUT2D eigenvalue weighted by Gasteiger charge is 2.37. The number of halogens is 1. The molecular weight excluding hydrogens is 384 g/mol. The smallest absolute Gasteiger partial charge is 0.355 e. The van der Waals surface area contributed by atoms with Crippen LogP contribution in [0.5, 0.6) is 17.2 Å². The van der Waals surface area contributed by atoms with Crippen LogP contribution in [0.2, 0.25) is 0 Å². The molecular formula is C20H27ClN2O5. The summed E-state index contributed by atoms with van der Waals surface area (Å²) in [5.41, 5.74) is 1.67. The highest BCUT2D eigenvalue weighted by Crippen LogP contribution is 2.49. The van der Waals surface area contributed by atoms with E-state index in [9.17, 15) is 4.79 Å². The van der Waals surface area contributed by atoms with Crippen LogP contribution in [-0.2, 0) is 9.53 Å². The minimum Gasteiger partial charge on any atom is -0.493 e. The molecule has 0 aromatic heterocycles. The average Bonchev–Trinajstić information content (AvgIpc) is 3.03. The normalized spacial score (nSPS) is 17.4. The highest BCUT2D eigenvalue weighted by atomic mass is 35.5. The number of ether oxygens (including phenoxy) is 4. The summed E-state index contributed by atoms with van der Waals surface area (Å²) >= 11 is 6.64. The van der Waals surface area contributed by atoms with Gasteiger partial charge in [-0.3, -0.25) is 0 Å². The van der Waals surface area contributed by atoms with Gasteiger partial charge in [-0.05, 0) is 19.4 Å². The molecule has 1 aliphatic rings. The van der Waals surface area contributed by atoms with Crippen molar-refractivity contribution < 1.29 is 23.7 Å². The number of rotatable bonds is 9. The monoisotopic (exact) mass is 410 g/mol. The van der Waals surface area contributed by atoms with Gasteiger partial charge >= 0.3 is 5.97 Å². The average molecular weight is 411 g/mol. The maximum atomic E-state index is 12.3. The third-order valence-corrected chi connectivity index (χ3v) is 4.66. The number of allylic oxidation sites excluding steroid dienone is 1. The fraction of sp³-hybridized carbons (Fsp3) is 0.450. The maximum absolute atomic E-state index is 12.3. The number of hydrogen-bond acceptors (Lipinski definition) is 7. The Hall–Kier alpha value is -2.54. The number of hydrogen-bond donors (Lipinski definition) is 2. The Bertz CT molecular complexity index is 776. The Morgan fingerprint density at radius 3 is 2.46 bits per heavy atom. The molecule has 0 bridgehead atoms. The SMILES string of the molecule is CCCNC=C1NC(C(=O)OCC)=C(Cl)C1c1ccc(OC)c(OC)c1OC. The Kier molecular flexibility index (Phi) is 7.87. The van der Waals surface area contributed by atoms with Crippen LogP contribution in [0.15, 0.2) is 34.8 Å². The van der Waals surface area contributed by atoms with E-state index < -0.39 is 11.9 Å². The van der Waals surface area contributed by atoms with Gasteiger partial charge in [0.1, 0.15) is 5.70 Å². The molecule has 7 nitrogen and oxygen atoms in total. The molecule has 1 atom stereocenters. The van der Waals surface area contributed by atoms with E-state index in [-0.39, 0.29) is 12.3 Å². The summed E-state index contributed by atoms with van der Waals surface area (Å²) in [6.45, 7) is 4.85. The summed E-state index contributed by atoms with van der Waals surface area (Å²) in [7, 11) is 4.64. The van der Waals surface area contributed by atoms with Crippen molar-refractivity contribution in [3.05, 3.63) is 40.3 Å². The van der Waals surface area contributed by atoms with E-state index in [1.807, 2.05) is 12.3 Å². The lowest BCUT2D eigenvalue weighted by Gasteiger charge is -2.20. The lowest BCUT2D eigenvalue weighted by molar-refractivity contribution is -0.138. The van der Waals surface area contributed by atoms with Crippen LogP contribution in [0, 0.1) is 0 Å². The van der Waals surface area contributed by atoms with E-state index in [0.717, 1.165) is 18.5 Å². The van der Waals surface area contributed by atoms with E-state index in [2.05, 4.69) is 17.6 Å². The van der Waals surface area contributed by atoms with Crippen molar-refractivity contribution >= 4 is 17.6 Å². The van der Waals surface area contributed by atoms with Crippen molar-refractivity contribution in [3.8, 4) is 17.2 Å². The minimum absolute atomic E-state index is 0.218. The van der Waals surface area contributed by atoms with E-state index in [0.29, 0.717) is 28.0 Å². The van der Waals surface area contributed by atoms with Crippen molar-refractivity contribution in [1.82, 2.24) is 10.6 Å². The fourth-order valence-electron chi connectivity index (χ4n) is 3.01. The summed E-state index contributed by atoms with van der Waals surface area (Å²) in [6.07, 6.45) is 2.78. The minimum atomic E-state index is -0.504. The number of nitrogens with one attached hydrogen (secondary N) is 2. The van der Waals surface area contributed by atoms with Gasteiger partial charge in [-0.15, -0.1) is 0 Å². The predicted molar refractivity (Wildman–Crippen MR) is 108 cm³/mol. The number of esters is 1. The summed E-state index contributed by atoms with van der Waals surface area (Å²) in [5, 5.41) is 6.64. The first-order chi connectivity index (χ1) is 13.5. The van der Waals surface area contributed by atoms with Gasteiger partial charge in [-0.25, -0.2) is 4.79 Å². The van der Waals surface area contributed by atoms with Crippen LogP contribution in [0.1, 0.15) is 31.7 Å². The van der Waals surface area contributed by atoms with Crippen molar-refractivity contribution in [3.63, 3.8) is 0 Å². The molecule has 28 heavy (non-hydrogen) atoms. The number of carbonyl (C=O) groups is 1. The van der Waals surface area contributed by atoms with Gasteiger partial charge in [0.05, 0.1) is 38.9 Å². The lowest BCUT2D eigenvalue weighted by Crippen LogP contribution is -2.20. The Morgan fingerprint density at radius 2 is 1.89 bits per heavy atom. The van der Waals surface area contributed by atoms with Crippen LogP contribution in [0.25, 0.3) is 0 Å². The topological polar surface area (TPSA) is 78.1 Å². The van der Waals surface area contributed by atoms with Crippen molar-refractivity contribution in [2.45, 2.75) is 26.2 Å². The van der Waals surface area contributed by atoms with Crippen molar-refractivity contribution in [2.75, 3.05) is 34.5 Å². The van der Waals surface area contributed by atoms with Crippen LogP contribution in [-0.4, -0.2) is 40.5 Å². The molecule has 1 aromatic rings. The van der Waals surface area contributed by atoms with Crippen LogP contribution < -0.4 is 24.8 Å². The predicted octanol–water partition coefficient (Wildman–Crippen LogP) is 3.25. The van der Waals surface area contributed by atoms with Gasteiger partial charge in [0.25, 0.3) is 0 Å². The number of benzene rings is 1. The van der Waals surface area contributed by atoms with E-state index in [4.69, 9.17) is 30.5 Å². The van der Waals surface area contributed by atoms with Gasteiger partial charge in [0, 0.05) is 24.0 Å².